The lowest BCUT2D eigenvalue weighted by atomic mass is 9.79. The van der Waals surface area contributed by atoms with Gasteiger partial charge in [-0.3, -0.25) is 5.41 Å². The summed E-state index contributed by atoms with van der Waals surface area (Å²) < 4.78 is 22.0. The van der Waals surface area contributed by atoms with Crippen molar-refractivity contribution in [2.75, 3.05) is 31.6 Å². The van der Waals surface area contributed by atoms with Gasteiger partial charge in [0.25, 0.3) is 0 Å². The number of nitrogens with one attached hydrogen (secondary N) is 1. The topological polar surface area (TPSA) is 87.2 Å². The minimum atomic E-state index is -2.84. The minimum Gasteiger partial charge on any atom is -0.387 e. The molecule has 6 heteroatoms. The number of nitrogens with zero attached hydrogens (tertiary/aromatic N) is 1. The van der Waals surface area contributed by atoms with E-state index in [1.807, 2.05) is 6.92 Å². The fraction of sp³-hybridized carbons (Fsp3) is 0.909. The molecule has 0 amide bonds. The van der Waals surface area contributed by atoms with Crippen molar-refractivity contribution in [2.24, 2.45) is 11.1 Å². The van der Waals surface area contributed by atoms with Gasteiger partial charge in [0, 0.05) is 11.7 Å². The van der Waals surface area contributed by atoms with Crippen LogP contribution in [-0.4, -0.2) is 50.8 Å². The number of nitrogens with two attached hydrogens (primary N) is 1. The lowest BCUT2D eigenvalue weighted by Crippen LogP contribution is -2.45. The van der Waals surface area contributed by atoms with Gasteiger partial charge in [0.1, 0.15) is 9.84 Å². The molecule has 0 unspecified atom stereocenters. The highest BCUT2D eigenvalue weighted by molar-refractivity contribution is 7.90. The fourth-order valence-electron chi connectivity index (χ4n) is 2.09. The number of hydrogen-bond donors (Lipinski definition) is 2. The highest BCUT2D eigenvalue weighted by Crippen LogP contribution is 2.30. The molecule has 0 aromatic carbocycles. The molecule has 0 spiro atoms. The van der Waals surface area contributed by atoms with Gasteiger partial charge in [0.2, 0.25) is 0 Å². The molecule has 17 heavy (non-hydrogen) atoms. The average molecular weight is 261 g/mol. The largest absolute Gasteiger partial charge is 0.387 e. The van der Waals surface area contributed by atoms with Crippen LogP contribution in [0.3, 0.4) is 0 Å². The molecule has 0 saturated carbocycles. The lowest BCUT2D eigenvalue weighted by Gasteiger charge is -2.38. The summed E-state index contributed by atoms with van der Waals surface area (Å²) in [5.74, 6) is 0.529. The smallest absolute Gasteiger partial charge is 0.147 e. The second-order valence-electron chi connectivity index (χ2n) is 5.30. The zero-order chi connectivity index (χ0) is 13.1. The molecular weight excluding hydrogens is 238 g/mol. The van der Waals surface area contributed by atoms with Gasteiger partial charge in [-0.25, -0.2) is 8.42 Å². The van der Waals surface area contributed by atoms with E-state index in [9.17, 15) is 8.42 Å². The van der Waals surface area contributed by atoms with Crippen LogP contribution >= 0.6 is 0 Å². The highest BCUT2D eigenvalue weighted by atomic mass is 32.2. The van der Waals surface area contributed by atoms with Gasteiger partial charge in [0.05, 0.1) is 11.6 Å². The number of rotatable bonds is 5. The van der Waals surface area contributed by atoms with Crippen LogP contribution in [0.4, 0.5) is 0 Å². The first kappa shape index (κ1) is 14.4. The van der Waals surface area contributed by atoms with Crippen molar-refractivity contribution in [1.29, 1.82) is 5.41 Å². The standard InChI is InChI=1S/C11H23N3O2S/c1-11(10(12)13)4-7-14(8-5-11)6-3-9-17(2,15)16/h3-9H2,1-2H3,(H3,12,13). The molecule has 3 N–H and O–H groups in total. The van der Waals surface area contributed by atoms with Gasteiger partial charge in [-0.1, -0.05) is 6.92 Å². The molecule has 100 valence electrons. The molecule has 0 aliphatic carbocycles. The van der Waals surface area contributed by atoms with E-state index >= 15 is 0 Å². The molecule has 1 saturated heterocycles. The van der Waals surface area contributed by atoms with Crippen LogP contribution in [0, 0.1) is 10.8 Å². The third-order valence-corrected chi connectivity index (χ3v) is 4.63. The van der Waals surface area contributed by atoms with Gasteiger partial charge >= 0.3 is 0 Å². The van der Waals surface area contributed by atoms with Crippen molar-refractivity contribution in [3.05, 3.63) is 0 Å². The number of likely N-dealkylation sites (tertiary alicyclic amines) is 1. The Balaban J connectivity index is 2.31. The predicted octanol–water partition coefficient (Wildman–Crippen LogP) is 0.459. The van der Waals surface area contributed by atoms with Crippen LogP contribution in [0.15, 0.2) is 0 Å². The maximum Gasteiger partial charge on any atom is 0.147 e. The Kier molecular flexibility index (Phi) is 4.55. The van der Waals surface area contributed by atoms with E-state index in [1.165, 1.54) is 6.26 Å². The lowest BCUT2D eigenvalue weighted by molar-refractivity contribution is 0.163. The molecule has 0 bridgehead atoms. The van der Waals surface area contributed by atoms with Crippen molar-refractivity contribution in [1.82, 2.24) is 4.90 Å². The van der Waals surface area contributed by atoms with Gasteiger partial charge in [-0.15, -0.1) is 0 Å². The van der Waals surface area contributed by atoms with E-state index in [-0.39, 0.29) is 17.0 Å². The molecule has 0 aromatic rings. The summed E-state index contributed by atoms with van der Waals surface area (Å²) >= 11 is 0. The first-order chi connectivity index (χ1) is 7.73. The Morgan fingerprint density at radius 2 is 1.94 bits per heavy atom. The Labute approximate surface area is 104 Å². The van der Waals surface area contributed by atoms with Gasteiger partial charge in [0.15, 0.2) is 0 Å². The summed E-state index contributed by atoms with van der Waals surface area (Å²) in [5.41, 5.74) is 5.43. The summed E-state index contributed by atoms with van der Waals surface area (Å²) in [6.07, 6.45) is 3.74. The number of piperidine rings is 1. The molecule has 0 aromatic heterocycles. The van der Waals surface area contributed by atoms with Crippen LogP contribution in [-0.2, 0) is 9.84 Å². The quantitative estimate of drug-likeness (QED) is 0.556. The summed E-state index contributed by atoms with van der Waals surface area (Å²) in [5, 5.41) is 7.55. The summed E-state index contributed by atoms with van der Waals surface area (Å²) in [6, 6.07) is 0. The second-order valence-corrected chi connectivity index (χ2v) is 7.56. The summed E-state index contributed by atoms with van der Waals surface area (Å²) in [7, 11) is -2.84. The van der Waals surface area contributed by atoms with E-state index in [1.54, 1.807) is 0 Å². The van der Waals surface area contributed by atoms with Crippen molar-refractivity contribution in [3.8, 4) is 0 Å². The Morgan fingerprint density at radius 1 is 1.41 bits per heavy atom. The maximum absolute atomic E-state index is 11.0. The molecule has 1 rings (SSSR count). The molecule has 0 atom stereocenters. The second kappa shape index (κ2) is 5.35. The van der Waals surface area contributed by atoms with E-state index in [2.05, 4.69) is 4.90 Å². The van der Waals surface area contributed by atoms with Crippen molar-refractivity contribution in [2.45, 2.75) is 26.2 Å². The van der Waals surface area contributed by atoms with Gasteiger partial charge < -0.3 is 10.6 Å². The van der Waals surface area contributed by atoms with Crippen LogP contribution in [0.25, 0.3) is 0 Å². The first-order valence-corrected chi connectivity index (χ1v) is 8.04. The van der Waals surface area contributed by atoms with E-state index in [0.717, 1.165) is 32.5 Å². The third-order valence-electron chi connectivity index (χ3n) is 3.60. The van der Waals surface area contributed by atoms with Crippen LogP contribution in [0.5, 0.6) is 0 Å². The SMILES string of the molecule is CC1(C(=N)N)CCN(CCCS(C)(=O)=O)CC1. The third kappa shape index (κ3) is 4.63. The van der Waals surface area contributed by atoms with Crippen molar-refractivity contribution >= 4 is 15.7 Å². The number of amidine groups is 1. The maximum atomic E-state index is 11.0. The minimum absolute atomic E-state index is 0.159. The number of hydrogen-bond acceptors (Lipinski definition) is 4. The highest BCUT2D eigenvalue weighted by Gasteiger charge is 2.32. The Bertz CT molecular complexity index is 370. The normalized spacial score (nSPS) is 21.3. The molecule has 1 heterocycles. The summed E-state index contributed by atoms with van der Waals surface area (Å²) in [6.45, 7) is 4.66. The Hall–Kier alpha value is -0.620. The monoisotopic (exact) mass is 261 g/mol. The summed E-state index contributed by atoms with van der Waals surface area (Å²) in [4.78, 5) is 2.26. The molecule has 1 aliphatic rings. The van der Waals surface area contributed by atoms with Crippen molar-refractivity contribution in [3.63, 3.8) is 0 Å². The van der Waals surface area contributed by atoms with Gasteiger partial charge in [-0.2, -0.15) is 0 Å². The predicted molar refractivity (Wildman–Crippen MR) is 70.0 cm³/mol. The van der Waals surface area contributed by atoms with Crippen LogP contribution < -0.4 is 5.73 Å². The molecule has 1 fully saturated rings. The molecule has 5 nitrogen and oxygen atoms in total. The van der Waals surface area contributed by atoms with Gasteiger partial charge in [-0.05, 0) is 38.9 Å². The average Bonchev–Trinajstić information content (AvgIpc) is 2.19. The molecule has 1 aliphatic heterocycles. The zero-order valence-corrected chi connectivity index (χ0v) is 11.5. The van der Waals surface area contributed by atoms with E-state index in [4.69, 9.17) is 11.1 Å². The van der Waals surface area contributed by atoms with Crippen molar-refractivity contribution < 1.29 is 8.42 Å². The van der Waals surface area contributed by atoms with Crippen LogP contribution in [0.1, 0.15) is 26.2 Å². The first-order valence-electron chi connectivity index (χ1n) is 5.97. The Morgan fingerprint density at radius 3 is 2.35 bits per heavy atom. The molecule has 0 radical (unpaired) electrons. The van der Waals surface area contributed by atoms with E-state index in [0.29, 0.717) is 6.42 Å². The zero-order valence-electron chi connectivity index (χ0n) is 10.7. The van der Waals surface area contributed by atoms with Crippen LogP contribution in [0.2, 0.25) is 0 Å². The fourth-order valence-corrected chi connectivity index (χ4v) is 2.74. The van der Waals surface area contributed by atoms with E-state index < -0.39 is 9.84 Å². The molecular formula is C11H23N3O2S. The number of sulfone groups is 1.